The largest absolute Gasteiger partial charge is 0.478 e. The molecule has 0 heterocycles. The van der Waals surface area contributed by atoms with Gasteiger partial charge in [-0.15, -0.1) is 0 Å². The summed E-state index contributed by atoms with van der Waals surface area (Å²) in [6, 6.07) is 10.3. The van der Waals surface area contributed by atoms with Crippen molar-refractivity contribution in [3.63, 3.8) is 0 Å². The number of hydrogen-bond acceptors (Lipinski definition) is 2. The minimum atomic E-state index is -1.08. The molecule has 3 rings (SSSR count). The summed E-state index contributed by atoms with van der Waals surface area (Å²) < 4.78 is 0.805. The third-order valence-electron chi connectivity index (χ3n) is 3.04. The average molecular weight is 303 g/mol. The van der Waals surface area contributed by atoms with Gasteiger partial charge in [-0.25, -0.2) is 4.79 Å². The fourth-order valence-corrected chi connectivity index (χ4v) is 2.63. The molecule has 2 aromatic carbocycles. The standard InChI is InChI=1S/C14H7BrO3/c15-7-4-5-8-9-2-1-3-10(14(17)18)12(9)13(16)11(8)6-7/h1-6H,(H,17,18). The van der Waals surface area contributed by atoms with E-state index < -0.39 is 5.97 Å². The lowest BCUT2D eigenvalue weighted by molar-refractivity contribution is 0.0693. The summed E-state index contributed by atoms with van der Waals surface area (Å²) in [6.07, 6.45) is 0. The number of hydrogen-bond donors (Lipinski definition) is 1. The molecule has 0 saturated carbocycles. The highest BCUT2D eigenvalue weighted by Crippen LogP contribution is 2.39. The first-order chi connectivity index (χ1) is 8.59. The molecule has 0 fully saturated rings. The van der Waals surface area contributed by atoms with Gasteiger partial charge in [-0.1, -0.05) is 34.1 Å². The van der Waals surface area contributed by atoms with Gasteiger partial charge in [0, 0.05) is 15.6 Å². The molecule has 0 atom stereocenters. The van der Waals surface area contributed by atoms with Crippen molar-refractivity contribution < 1.29 is 14.7 Å². The second-order valence-electron chi connectivity index (χ2n) is 4.05. The Balaban J connectivity index is 2.36. The summed E-state index contributed by atoms with van der Waals surface area (Å²) in [5, 5.41) is 9.14. The Morgan fingerprint density at radius 2 is 1.83 bits per heavy atom. The topological polar surface area (TPSA) is 54.4 Å². The fourth-order valence-electron chi connectivity index (χ4n) is 2.27. The summed E-state index contributed by atoms with van der Waals surface area (Å²) in [6.45, 7) is 0. The van der Waals surface area contributed by atoms with E-state index in [1.165, 1.54) is 6.07 Å². The van der Waals surface area contributed by atoms with Crippen LogP contribution in [0.15, 0.2) is 40.9 Å². The van der Waals surface area contributed by atoms with Crippen LogP contribution in [-0.4, -0.2) is 16.9 Å². The summed E-state index contributed by atoms with van der Waals surface area (Å²) in [5.41, 5.74) is 2.39. The Labute approximate surface area is 111 Å². The molecule has 0 aromatic heterocycles. The van der Waals surface area contributed by atoms with Crippen LogP contribution in [0, 0.1) is 0 Å². The monoisotopic (exact) mass is 302 g/mol. The fraction of sp³-hybridized carbons (Fsp3) is 0. The second-order valence-corrected chi connectivity index (χ2v) is 4.97. The Kier molecular flexibility index (Phi) is 2.35. The van der Waals surface area contributed by atoms with Crippen LogP contribution < -0.4 is 0 Å². The second kappa shape index (κ2) is 3.78. The van der Waals surface area contributed by atoms with Crippen molar-refractivity contribution in [1.29, 1.82) is 0 Å². The smallest absolute Gasteiger partial charge is 0.336 e. The highest BCUT2D eigenvalue weighted by atomic mass is 79.9. The van der Waals surface area contributed by atoms with Crippen LogP contribution in [0.2, 0.25) is 0 Å². The predicted molar refractivity (Wildman–Crippen MR) is 70.0 cm³/mol. The molecule has 3 nitrogen and oxygen atoms in total. The van der Waals surface area contributed by atoms with E-state index >= 15 is 0 Å². The quantitative estimate of drug-likeness (QED) is 0.750. The number of carbonyl (C=O) groups is 2. The number of rotatable bonds is 1. The number of aromatic carboxylic acids is 1. The first-order valence-corrected chi connectivity index (χ1v) is 6.10. The third kappa shape index (κ3) is 1.42. The van der Waals surface area contributed by atoms with Crippen LogP contribution in [0.3, 0.4) is 0 Å². The van der Waals surface area contributed by atoms with E-state index in [1.54, 1.807) is 18.2 Å². The molecule has 18 heavy (non-hydrogen) atoms. The number of carboxylic acid groups (broad SMARTS) is 1. The van der Waals surface area contributed by atoms with E-state index in [4.69, 9.17) is 5.11 Å². The van der Waals surface area contributed by atoms with Crippen molar-refractivity contribution in [2.75, 3.05) is 0 Å². The van der Waals surface area contributed by atoms with Gasteiger partial charge >= 0.3 is 5.97 Å². The normalized spacial score (nSPS) is 12.2. The first kappa shape index (κ1) is 11.2. The lowest BCUT2D eigenvalue weighted by atomic mass is 10.0. The molecule has 0 aliphatic heterocycles. The minimum Gasteiger partial charge on any atom is -0.478 e. The van der Waals surface area contributed by atoms with Gasteiger partial charge in [0.2, 0.25) is 0 Å². The summed E-state index contributed by atoms with van der Waals surface area (Å²) in [4.78, 5) is 23.4. The zero-order chi connectivity index (χ0) is 12.9. The number of carbonyl (C=O) groups excluding carboxylic acids is 1. The number of halogens is 1. The Morgan fingerprint density at radius 1 is 1.06 bits per heavy atom. The van der Waals surface area contributed by atoms with Crippen molar-refractivity contribution in [2.24, 2.45) is 0 Å². The van der Waals surface area contributed by atoms with Gasteiger partial charge in [0.05, 0.1) is 5.56 Å². The molecular formula is C14H7BrO3. The van der Waals surface area contributed by atoms with E-state index in [9.17, 15) is 9.59 Å². The summed E-state index contributed by atoms with van der Waals surface area (Å²) in [5.74, 6) is -1.30. The molecule has 88 valence electrons. The zero-order valence-electron chi connectivity index (χ0n) is 9.11. The van der Waals surface area contributed by atoms with E-state index in [-0.39, 0.29) is 16.9 Å². The summed E-state index contributed by atoms with van der Waals surface area (Å²) >= 11 is 3.32. The van der Waals surface area contributed by atoms with Crippen molar-refractivity contribution in [1.82, 2.24) is 0 Å². The van der Waals surface area contributed by atoms with Crippen LogP contribution in [0.4, 0.5) is 0 Å². The Morgan fingerprint density at radius 3 is 2.56 bits per heavy atom. The van der Waals surface area contributed by atoms with Crippen LogP contribution in [0.5, 0.6) is 0 Å². The third-order valence-corrected chi connectivity index (χ3v) is 3.53. The van der Waals surface area contributed by atoms with Crippen molar-refractivity contribution in [3.8, 4) is 11.1 Å². The zero-order valence-corrected chi connectivity index (χ0v) is 10.7. The molecule has 0 spiro atoms. The number of ketones is 1. The average Bonchev–Trinajstić information content (AvgIpc) is 2.63. The van der Waals surface area contributed by atoms with Crippen LogP contribution >= 0.6 is 15.9 Å². The van der Waals surface area contributed by atoms with Gasteiger partial charge in [0.15, 0.2) is 5.78 Å². The highest BCUT2D eigenvalue weighted by molar-refractivity contribution is 9.10. The molecule has 2 aromatic rings. The molecule has 0 bridgehead atoms. The minimum absolute atomic E-state index is 0.0600. The lowest BCUT2D eigenvalue weighted by Gasteiger charge is -2.02. The number of benzene rings is 2. The molecular weight excluding hydrogens is 296 g/mol. The van der Waals surface area contributed by atoms with E-state index in [1.807, 2.05) is 12.1 Å². The van der Waals surface area contributed by atoms with Gasteiger partial charge in [-0.05, 0) is 29.3 Å². The molecule has 1 aliphatic carbocycles. The first-order valence-electron chi connectivity index (χ1n) is 5.30. The predicted octanol–water partition coefficient (Wildman–Crippen LogP) is 3.36. The number of carboxylic acids is 1. The van der Waals surface area contributed by atoms with Gasteiger partial charge < -0.3 is 5.11 Å². The van der Waals surface area contributed by atoms with Gasteiger partial charge in [-0.3, -0.25) is 4.79 Å². The van der Waals surface area contributed by atoms with Crippen LogP contribution in [-0.2, 0) is 0 Å². The Hall–Kier alpha value is -1.94. The molecule has 4 heteroatoms. The highest BCUT2D eigenvalue weighted by Gasteiger charge is 2.30. The molecule has 0 radical (unpaired) electrons. The van der Waals surface area contributed by atoms with E-state index in [2.05, 4.69) is 15.9 Å². The maximum Gasteiger partial charge on any atom is 0.336 e. The van der Waals surface area contributed by atoms with Gasteiger partial charge in [-0.2, -0.15) is 0 Å². The number of fused-ring (bicyclic) bond motifs is 3. The van der Waals surface area contributed by atoms with Crippen molar-refractivity contribution in [3.05, 3.63) is 57.6 Å². The molecule has 1 aliphatic rings. The SMILES string of the molecule is O=C(O)c1cccc2c1C(=O)c1cc(Br)ccc1-2. The molecule has 1 N–H and O–H groups in total. The molecule has 0 unspecified atom stereocenters. The lowest BCUT2D eigenvalue weighted by Crippen LogP contribution is -2.06. The summed E-state index contributed by atoms with van der Waals surface area (Å²) in [7, 11) is 0. The van der Waals surface area contributed by atoms with Crippen LogP contribution in [0.1, 0.15) is 26.3 Å². The van der Waals surface area contributed by atoms with E-state index in [0.29, 0.717) is 11.1 Å². The van der Waals surface area contributed by atoms with E-state index in [0.717, 1.165) is 10.0 Å². The Bertz CT molecular complexity index is 704. The molecule has 0 amide bonds. The van der Waals surface area contributed by atoms with Crippen molar-refractivity contribution in [2.45, 2.75) is 0 Å². The maximum atomic E-state index is 12.3. The van der Waals surface area contributed by atoms with Crippen LogP contribution in [0.25, 0.3) is 11.1 Å². The molecule has 0 saturated heterocycles. The maximum absolute atomic E-state index is 12.3. The van der Waals surface area contributed by atoms with Crippen molar-refractivity contribution >= 4 is 27.7 Å². The van der Waals surface area contributed by atoms with Gasteiger partial charge in [0.1, 0.15) is 0 Å². The van der Waals surface area contributed by atoms with Gasteiger partial charge in [0.25, 0.3) is 0 Å².